The molecule has 9 heteroatoms. The zero-order valence-corrected chi connectivity index (χ0v) is 17.8. The zero-order valence-electron chi connectivity index (χ0n) is 17.0. The lowest BCUT2D eigenvalue weighted by Crippen LogP contribution is -2.36. The third-order valence-electron chi connectivity index (χ3n) is 5.28. The summed E-state index contributed by atoms with van der Waals surface area (Å²) in [7, 11) is 0. The predicted octanol–water partition coefficient (Wildman–Crippen LogP) is 3.38. The monoisotopic (exact) mass is 450 g/mol. The topological polar surface area (TPSA) is 77.3 Å². The number of carbonyl (C=O) groups excluding carboxylic acids is 1. The molecule has 5 rings (SSSR count). The van der Waals surface area contributed by atoms with Crippen LogP contribution in [0.4, 0.5) is 9.52 Å². The van der Waals surface area contributed by atoms with Crippen LogP contribution in [-0.4, -0.2) is 46.9 Å². The second kappa shape index (κ2) is 8.60. The third kappa shape index (κ3) is 3.92. The van der Waals surface area contributed by atoms with Crippen molar-refractivity contribution in [3.05, 3.63) is 76.3 Å². The van der Waals surface area contributed by atoms with Crippen molar-refractivity contribution >= 4 is 32.5 Å². The van der Waals surface area contributed by atoms with E-state index >= 15 is 0 Å². The van der Waals surface area contributed by atoms with Crippen molar-refractivity contribution in [3.8, 4) is 11.3 Å². The maximum Gasteiger partial charge on any atom is 0.294 e. The summed E-state index contributed by atoms with van der Waals surface area (Å²) in [4.78, 5) is 32.7. The van der Waals surface area contributed by atoms with E-state index in [1.807, 2.05) is 6.07 Å². The van der Waals surface area contributed by atoms with E-state index in [1.54, 1.807) is 36.4 Å². The van der Waals surface area contributed by atoms with Crippen LogP contribution in [0.5, 0.6) is 0 Å². The minimum absolute atomic E-state index is 0.211. The summed E-state index contributed by atoms with van der Waals surface area (Å²) >= 11 is 1.37. The number of carbonyl (C=O) groups is 1. The van der Waals surface area contributed by atoms with Crippen LogP contribution in [0.2, 0.25) is 0 Å². The number of hydrogen-bond acceptors (Lipinski definition) is 7. The quantitative estimate of drug-likeness (QED) is 0.434. The Morgan fingerprint density at radius 3 is 2.50 bits per heavy atom. The Morgan fingerprint density at radius 2 is 1.78 bits per heavy atom. The average Bonchev–Trinajstić information content (AvgIpc) is 3.29. The summed E-state index contributed by atoms with van der Waals surface area (Å²) in [6, 6.07) is 14.7. The molecule has 1 aliphatic heterocycles. The van der Waals surface area contributed by atoms with Crippen molar-refractivity contribution in [1.82, 2.24) is 14.8 Å². The van der Waals surface area contributed by atoms with Crippen LogP contribution in [-0.2, 0) is 11.3 Å². The van der Waals surface area contributed by atoms with Gasteiger partial charge in [-0.05, 0) is 24.3 Å². The fraction of sp³-hybridized carbons (Fsp3) is 0.217. The standard InChI is InChI=1S/C23H19FN4O3S/c24-17-8-6-16(7-9-17)19-21-20(25-23(32-21)27-10-12-31-13-11-27)22(30)28(26-19)14-18(29)15-4-2-1-3-5-15/h1-9H,10-14H2. The Bertz CT molecular complexity index is 1330. The van der Waals surface area contributed by atoms with Gasteiger partial charge in [0, 0.05) is 24.2 Å². The number of halogens is 1. The van der Waals surface area contributed by atoms with Crippen LogP contribution in [0, 0.1) is 5.82 Å². The van der Waals surface area contributed by atoms with Gasteiger partial charge in [-0.25, -0.2) is 14.1 Å². The molecule has 3 heterocycles. The number of nitrogens with zero attached hydrogens (tertiary/aromatic N) is 4. The Labute approximate surface area is 186 Å². The highest BCUT2D eigenvalue weighted by atomic mass is 32.1. The third-order valence-corrected chi connectivity index (χ3v) is 6.40. The lowest BCUT2D eigenvalue weighted by atomic mass is 10.1. The first-order valence-corrected chi connectivity index (χ1v) is 11.0. The molecule has 1 aliphatic rings. The Morgan fingerprint density at radius 1 is 1.06 bits per heavy atom. The predicted molar refractivity (Wildman–Crippen MR) is 121 cm³/mol. The highest BCUT2D eigenvalue weighted by molar-refractivity contribution is 7.22. The molecule has 0 N–H and O–H groups in total. The van der Waals surface area contributed by atoms with E-state index in [2.05, 4.69) is 15.0 Å². The van der Waals surface area contributed by atoms with Gasteiger partial charge in [-0.2, -0.15) is 5.10 Å². The second-order valence-corrected chi connectivity index (χ2v) is 8.36. The first kappa shape index (κ1) is 20.5. The SMILES string of the molecule is O=C(Cn1nc(-c2ccc(F)cc2)c2sc(N3CCOCC3)nc2c1=O)c1ccccc1. The van der Waals surface area contributed by atoms with Crippen molar-refractivity contribution < 1.29 is 13.9 Å². The molecule has 0 amide bonds. The number of rotatable bonds is 5. The number of anilines is 1. The summed E-state index contributed by atoms with van der Waals surface area (Å²) < 4.78 is 20.7. The van der Waals surface area contributed by atoms with E-state index < -0.39 is 5.56 Å². The van der Waals surface area contributed by atoms with Crippen LogP contribution < -0.4 is 10.5 Å². The van der Waals surface area contributed by atoms with Crippen LogP contribution in [0.3, 0.4) is 0 Å². The number of benzene rings is 2. The van der Waals surface area contributed by atoms with Gasteiger partial charge in [-0.3, -0.25) is 9.59 Å². The van der Waals surface area contributed by atoms with Gasteiger partial charge in [0.1, 0.15) is 18.1 Å². The van der Waals surface area contributed by atoms with Crippen molar-refractivity contribution in [1.29, 1.82) is 0 Å². The lowest BCUT2D eigenvalue weighted by molar-refractivity contribution is 0.0966. The van der Waals surface area contributed by atoms with Crippen LogP contribution in [0.1, 0.15) is 10.4 Å². The number of fused-ring (bicyclic) bond motifs is 1. The molecule has 1 saturated heterocycles. The molecule has 0 aliphatic carbocycles. The number of ketones is 1. The highest BCUT2D eigenvalue weighted by Gasteiger charge is 2.22. The molecule has 0 bridgehead atoms. The molecular formula is C23H19FN4O3S. The number of thiazole rings is 1. The number of ether oxygens (including phenoxy) is 1. The van der Waals surface area contributed by atoms with Crippen LogP contribution in [0.25, 0.3) is 21.5 Å². The maximum atomic E-state index is 13.5. The van der Waals surface area contributed by atoms with Gasteiger partial charge in [0.05, 0.1) is 17.9 Å². The summed E-state index contributed by atoms with van der Waals surface area (Å²) in [5.41, 5.74) is 1.47. The Balaban J connectivity index is 1.63. The van der Waals surface area contributed by atoms with E-state index in [0.717, 1.165) is 4.68 Å². The molecule has 0 radical (unpaired) electrons. The van der Waals surface area contributed by atoms with Gasteiger partial charge in [0.15, 0.2) is 16.4 Å². The zero-order chi connectivity index (χ0) is 22.1. The number of morpholine rings is 1. The van der Waals surface area contributed by atoms with Crippen molar-refractivity contribution in [2.24, 2.45) is 0 Å². The number of Topliss-reactive ketones (excluding diaryl/α,β-unsaturated/α-hetero) is 1. The largest absolute Gasteiger partial charge is 0.378 e. The van der Waals surface area contributed by atoms with Crippen LogP contribution >= 0.6 is 11.3 Å². The molecule has 7 nitrogen and oxygen atoms in total. The van der Waals surface area contributed by atoms with E-state index in [4.69, 9.17) is 4.74 Å². The Kier molecular flexibility index (Phi) is 5.50. The first-order chi connectivity index (χ1) is 15.6. The molecule has 4 aromatic rings. The van der Waals surface area contributed by atoms with Gasteiger partial charge in [-0.15, -0.1) is 0 Å². The average molecular weight is 450 g/mol. The summed E-state index contributed by atoms with van der Waals surface area (Å²) in [6.07, 6.45) is 0. The molecule has 0 atom stereocenters. The fourth-order valence-corrected chi connectivity index (χ4v) is 4.71. The molecule has 1 fully saturated rings. The molecule has 0 unspecified atom stereocenters. The van der Waals surface area contributed by atoms with Crippen molar-refractivity contribution in [2.45, 2.75) is 6.54 Å². The number of hydrogen-bond donors (Lipinski definition) is 0. The van der Waals surface area contributed by atoms with Crippen molar-refractivity contribution in [3.63, 3.8) is 0 Å². The lowest BCUT2D eigenvalue weighted by Gasteiger charge is -2.25. The number of aromatic nitrogens is 3. The molecule has 2 aromatic heterocycles. The van der Waals surface area contributed by atoms with E-state index in [1.165, 1.54) is 23.5 Å². The second-order valence-electron chi connectivity index (χ2n) is 7.38. The van der Waals surface area contributed by atoms with Crippen LogP contribution in [0.15, 0.2) is 59.4 Å². The minimum atomic E-state index is -0.425. The highest BCUT2D eigenvalue weighted by Crippen LogP contribution is 2.34. The van der Waals surface area contributed by atoms with Gasteiger partial charge in [-0.1, -0.05) is 41.7 Å². The summed E-state index contributed by atoms with van der Waals surface area (Å²) in [5, 5.41) is 5.22. The minimum Gasteiger partial charge on any atom is -0.378 e. The first-order valence-electron chi connectivity index (χ1n) is 10.2. The van der Waals surface area contributed by atoms with E-state index in [9.17, 15) is 14.0 Å². The van der Waals surface area contributed by atoms with E-state index in [0.29, 0.717) is 53.0 Å². The Hall–Kier alpha value is -3.43. The molecule has 32 heavy (non-hydrogen) atoms. The normalized spacial score (nSPS) is 14.1. The van der Waals surface area contributed by atoms with Crippen molar-refractivity contribution in [2.75, 3.05) is 31.2 Å². The molecule has 0 saturated carbocycles. The van der Waals surface area contributed by atoms with Gasteiger partial charge >= 0.3 is 0 Å². The summed E-state index contributed by atoms with van der Waals surface area (Å²) in [6.45, 7) is 2.33. The van der Waals surface area contributed by atoms with Gasteiger partial charge in [0.2, 0.25) is 0 Å². The van der Waals surface area contributed by atoms with Gasteiger partial charge < -0.3 is 9.64 Å². The smallest absolute Gasteiger partial charge is 0.294 e. The van der Waals surface area contributed by atoms with Gasteiger partial charge in [0.25, 0.3) is 5.56 Å². The summed E-state index contributed by atoms with van der Waals surface area (Å²) in [5.74, 6) is -0.593. The fourth-order valence-electron chi connectivity index (χ4n) is 3.59. The molecule has 2 aromatic carbocycles. The molecule has 162 valence electrons. The molecular weight excluding hydrogens is 431 g/mol. The maximum absolute atomic E-state index is 13.5. The van der Waals surface area contributed by atoms with E-state index in [-0.39, 0.29) is 23.7 Å². The molecule has 0 spiro atoms.